The molecule has 0 aliphatic rings. The van der Waals surface area contributed by atoms with Crippen LogP contribution in [0.15, 0.2) is 34.7 Å². The second-order valence-corrected chi connectivity index (χ2v) is 7.89. The smallest absolute Gasteiger partial charge is 0.237 e. The maximum Gasteiger partial charge on any atom is 0.237 e. The van der Waals surface area contributed by atoms with Crippen LogP contribution in [0.2, 0.25) is 0 Å². The number of amides is 1. The van der Waals surface area contributed by atoms with Crippen molar-refractivity contribution in [1.82, 2.24) is 20.2 Å². The highest BCUT2D eigenvalue weighted by Crippen LogP contribution is 2.26. The molecular formula is C18H20N6O4S2. The van der Waals surface area contributed by atoms with E-state index in [1.807, 2.05) is 24.3 Å². The van der Waals surface area contributed by atoms with Crippen molar-refractivity contribution >= 4 is 40.1 Å². The summed E-state index contributed by atoms with van der Waals surface area (Å²) < 4.78 is 15.9. The van der Waals surface area contributed by atoms with Gasteiger partial charge in [-0.2, -0.15) is 9.97 Å². The van der Waals surface area contributed by atoms with Crippen LogP contribution >= 0.6 is 23.1 Å². The van der Waals surface area contributed by atoms with Crippen molar-refractivity contribution in [3.05, 3.63) is 35.9 Å². The minimum absolute atomic E-state index is 0.107. The van der Waals surface area contributed by atoms with E-state index in [0.717, 1.165) is 11.3 Å². The molecule has 0 unspecified atom stereocenters. The van der Waals surface area contributed by atoms with Crippen molar-refractivity contribution in [2.24, 2.45) is 0 Å². The van der Waals surface area contributed by atoms with Gasteiger partial charge in [0.05, 0.1) is 33.1 Å². The number of benzene rings is 1. The fourth-order valence-corrected chi connectivity index (χ4v) is 3.77. The number of nitrogens with one attached hydrogen (secondary N) is 2. The Bertz CT molecular complexity index is 961. The first-order valence-corrected chi connectivity index (χ1v) is 10.5. The molecule has 2 heterocycles. The lowest BCUT2D eigenvalue weighted by Gasteiger charge is -2.07. The van der Waals surface area contributed by atoms with Crippen LogP contribution in [0.1, 0.15) is 5.56 Å². The van der Waals surface area contributed by atoms with Crippen molar-refractivity contribution in [1.29, 1.82) is 0 Å². The zero-order chi connectivity index (χ0) is 21.3. The van der Waals surface area contributed by atoms with Gasteiger partial charge in [0, 0.05) is 6.54 Å². The Balaban J connectivity index is 1.48. The lowest BCUT2D eigenvalue weighted by atomic mass is 10.2. The summed E-state index contributed by atoms with van der Waals surface area (Å²) in [7, 11) is 4.58. The molecule has 0 spiro atoms. The monoisotopic (exact) mass is 448 g/mol. The van der Waals surface area contributed by atoms with E-state index in [0.29, 0.717) is 27.8 Å². The number of thioether (sulfide) groups is 1. The Kier molecular flexibility index (Phi) is 7.63. The first-order chi connectivity index (χ1) is 14.6. The molecule has 0 atom stereocenters. The molecule has 0 saturated carbocycles. The maximum absolute atomic E-state index is 12.2. The number of hydrogen-bond acceptors (Lipinski definition) is 11. The molecule has 30 heavy (non-hydrogen) atoms. The molecule has 2 N–H and O–H groups in total. The van der Waals surface area contributed by atoms with Gasteiger partial charge in [-0.1, -0.05) is 35.2 Å². The van der Waals surface area contributed by atoms with Gasteiger partial charge >= 0.3 is 0 Å². The molecule has 0 radical (unpaired) electrons. The van der Waals surface area contributed by atoms with Gasteiger partial charge in [-0.25, -0.2) is 0 Å². The minimum atomic E-state index is -0.279. The third kappa shape index (κ3) is 6.19. The van der Waals surface area contributed by atoms with Crippen LogP contribution in [0, 0.1) is 0 Å². The molecule has 0 saturated heterocycles. The molecule has 0 fully saturated rings. The number of nitrogens with zero attached hydrogens (tertiary/aromatic N) is 4. The van der Waals surface area contributed by atoms with Gasteiger partial charge in [0.1, 0.15) is 5.75 Å². The van der Waals surface area contributed by atoms with Crippen LogP contribution in [0.3, 0.4) is 0 Å². The van der Waals surface area contributed by atoms with Gasteiger partial charge in [-0.3, -0.25) is 10.1 Å². The molecule has 1 aromatic carbocycles. The summed E-state index contributed by atoms with van der Waals surface area (Å²) in [6, 6.07) is 9.27. The highest BCUT2D eigenvalue weighted by Gasteiger charge is 2.12. The predicted octanol–water partition coefficient (Wildman–Crippen LogP) is 2.70. The van der Waals surface area contributed by atoms with E-state index in [1.165, 1.54) is 43.4 Å². The van der Waals surface area contributed by atoms with E-state index >= 15 is 0 Å². The van der Waals surface area contributed by atoms with Crippen LogP contribution in [0.5, 0.6) is 17.5 Å². The van der Waals surface area contributed by atoms with Gasteiger partial charge < -0.3 is 19.5 Å². The van der Waals surface area contributed by atoms with Crippen molar-refractivity contribution < 1.29 is 19.0 Å². The summed E-state index contributed by atoms with van der Waals surface area (Å²) in [4.78, 5) is 20.3. The number of carbonyl (C=O) groups excluding carboxylic acids is 1. The van der Waals surface area contributed by atoms with Gasteiger partial charge in [0.2, 0.25) is 28.7 Å². The van der Waals surface area contributed by atoms with E-state index in [-0.39, 0.29) is 17.6 Å². The van der Waals surface area contributed by atoms with Crippen LogP contribution in [-0.4, -0.2) is 53.2 Å². The number of carbonyl (C=O) groups is 1. The Morgan fingerprint density at radius 2 is 1.73 bits per heavy atom. The highest BCUT2D eigenvalue weighted by molar-refractivity contribution is 8.01. The fraction of sp³-hybridized carbons (Fsp3) is 0.278. The number of rotatable bonds is 10. The van der Waals surface area contributed by atoms with E-state index in [9.17, 15) is 4.79 Å². The van der Waals surface area contributed by atoms with Crippen molar-refractivity contribution in [2.75, 3.05) is 37.7 Å². The lowest BCUT2D eigenvalue weighted by molar-refractivity contribution is -0.113. The van der Waals surface area contributed by atoms with Crippen LogP contribution < -0.4 is 24.8 Å². The number of hydrogen-bond donors (Lipinski definition) is 2. The Hall–Kier alpha value is -3.12. The average molecular weight is 449 g/mol. The standard InChI is InChI=1S/C18H20N6O4S2/c1-26-12-6-4-11(5-7-12)9-19-17-23-24-18(30-17)29-10-13(25)20-16-21-14(27-2)8-15(22-16)28-3/h4-8H,9-10H2,1-3H3,(H,19,23)(H,20,21,22,25). The first kappa shape index (κ1) is 21.6. The number of ether oxygens (including phenoxy) is 3. The Morgan fingerprint density at radius 1 is 1.03 bits per heavy atom. The molecule has 10 nitrogen and oxygen atoms in total. The number of anilines is 2. The predicted molar refractivity (Wildman–Crippen MR) is 115 cm³/mol. The lowest BCUT2D eigenvalue weighted by Crippen LogP contribution is -2.16. The molecule has 0 aliphatic carbocycles. The molecule has 0 bridgehead atoms. The zero-order valence-electron chi connectivity index (χ0n) is 16.5. The minimum Gasteiger partial charge on any atom is -0.497 e. The summed E-state index contributed by atoms with van der Waals surface area (Å²) in [6.07, 6.45) is 0. The third-order valence-electron chi connectivity index (χ3n) is 3.68. The Labute approximate surface area is 181 Å². The van der Waals surface area contributed by atoms with Gasteiger partial charge in [0.15, 0.2) is 4.34 Å². The highest BCUT2D eigenvalue weighted by atomic mass is 32.2. The van der Waals surface area contributed by atoms with E-state index in [1.54, 1.807) is 7.11 Å². The number of methoxy groups -OCH3 is 3. The number of aromatic nitrogens is 4. The summed E-state index contributed by atoms with van der Waals surface area (Å²) in [6.45, 7) is 0.610. The SMILES string of the molecule is COc1ccc(CNc2nnc(SCC(=O)Nc3nc(OC)cc(OC)n3)s2)cc1. The molecule has 158 valence electrons. The van der Waals surface area contributed by atoms with E-state index < -0.39 is 0 Å². The van der Waals surface area contributed by atoms with Crippen LogP contribution in [-0.2, 0) is 11.3 Å². The van der Waals surface area contributed by atoms with Crippen molar-refractivity contribution in [3.8, 4) is 17.5 Å². The summed E-state index contributed by atoms with van der Waals surface area (Å²) in [5, 5.41) is 14.7. The first-order valence-electron chi connectivity index (χ1n) is 8.69. The maximum atomic E-state index is 12.2. The summed E-state index contributed by atoms with van der Waals surface area (Å²) in [5.41, 5.74) is 1.09. The van der Waals surface area contributed by atoms with Crippen LogP contribution in [0.25, 0.3) is 0 Å². The van der Waals surface area contributed by atoms with Gasteiger partial charge in [-0.05, 0) is 17.7 Å². The summed E-state index contributed by atoms with van der Waals surface area (Å²) >= 11 is 2.65. The molecule has 3 rings (SSSR count). The van der Waals surface area contributed by atoms with Crippen LogP contribution in [0.4, 0.5) is 11.1 Å². The normalized spacial score (nSPS) is 10.4. The fourth-order valence-electron chi connectivity index (χ4n) is 2.22. The topological polar surface area (TPSA) is 120 Å². The van der Waals surface area contributed by atoms with E-state index in [4.69, 9.17) is 14.2 Å². The van der Waals surface area contributed by atoms with Crippen molar-refractivity contribution in [3.63, 3.8) is 0 Å². The quantitative estimate of drug-likeness (QED) is 0.448. The van der Waals surface area contributed by atoms with Crippen molar-refractivity contribution in [2.45, 2.75) is 10.9 Å². The molecule has 3 aromatic rings. The van der Waals surface area contributed by atoms with Gasteiger partial charge in [-0.15, -0.1) is 10.2 Å². The van der Waals surface area contributed by atoms with Gasteiger partial charge in [0.25, 0.3) is 0 Å². The second kappa shape index (κ2) is 10.6. The molecule has 1 amide bonds. The average Bonchev–Trinajstić information content (AvgIpc) is 3.24. The second-order valence-electron chi connectivity index (χ2n) is 5.69. The molecule has 12 heteroatoms. The largest absolute Gasteiger partial charge is 0.497 e. The zero-order valence-corrected chi connectivity index (χ0v) is 18.2. The van der Waals surface area contributed by atoms with E-state index in [2.05, 4.69) is 30.8 Å². The Morgan fingerprint density at radius 3 is 2.37 bits per heavy atom. The molecule has 2 aromatic heterocycles. The summed E-state index contributed by atoms with van der Waals surface area (Å²) in [5.74, 6) is 1.36. The molecular weight excluding hydrogens is 428 g/mol. The molecule has 0 aliphatic heterocycles. The third-order valence-corrected chi connectivity index (χ3v) is 5.70.